The molecule has 4 nitrogen and oxygen atoms in total. The third-order valence-corrected chi connectivity index (χ3v) is 6.22. The van der Waals surface area contributed by atoms with Crippen LogP contribution in [0.15, 0.2) is 30.5 Å². The molecule has 3 saturated heterocycles. The summed E-state index contributed by atoms with van der Waals surface area (Å²) in [5.74, 6) is 2.57. The smallest absolute Gasteiger partial charge is 0.119 e. The average molecular weight is 435 g/mol. The molecule has 0 aliphatic carbocycles. The number of hydrogen-bond donors (Lipinski definition) is 1. The van der Waals surface area contributed by atoms with Crippen molar-refractivity contribution in [2.45, 2.75) is 38.3 Å². The van der Waals surface area contributed by atoms with Crippen molar-refractivity contribution in [3.8, 4) is 5.75 Å². The average Bonchev–Trinajstić information content (AvgIpc) is 2.66. The Balaban J connectivity index is 0.00000121. The number of ether oxygens (including phenoxy) is 1. The molecule has 0 spiro atoms. The fraction of sp³-hybridized carbons (Fsp3) is 0.550. The zero-order chi connectivity index (χ0) is 16.7. The molecule has 2 unspecified atom stereocenters. The van der Waals surface area contributed by atoms with E-state index in [0.717, 1.165) is 28.5 Å². The Labute approximate surface area is 180 Å². The monoisotopic (exact) mass is 433 g/mol. The zero-order valence-corrected chi connectivity index (χ0v) is 18.3. The van der Waals surface area contributed by atoms with Crippen molar-refractivity contribution in [2.24, 2.45) is 17.6 Å². The number of aromatic nitrogens is 1. The van der Waals surface area contributed by atoms with Crippen molar-refractivity contribution < 1.29 is 4.74 Å². The molecule has 5 atom stereocenters. The van der Waals surface area contributed by atoms with Crippen LogP contribution in [0.25, 0.3) is 10.9 Å². The third-order valence-electron chi connectivity index (χ3n) is 6.22. The van der Waals surface area contributed by atoms with E-state index in [9.17, 15) is 0 Å². The van der Waals surface area contributed by atoms with Gasteiger partial charge in [-0.2, -0.15) is 0 Å². The molecule has 2 bridgehead atoms. The summed E-state index contributed by atoms with van der Waals surface area (Å²) >= 11 is 0. The molecule has 5 rings (SSSR count). The first-order valence-electron chi connectivity index (χ1n) is 9.13. The SMILES string of the molecule is CC[C@@H]1CN2CC[C@H]1C[C@@H]2C(N)c1ccnc2ccc(OC)cc12.Cl.Cl.Cl. The van der Waals surface area contributed by atoms with E-state index < -0.39 is 0 Å². The highest BCUT2D eigenvalue weighted by atomic mass is 35.5. The lowest BCUT2D eigenvalue weighted by Gasteiger charge is -2.51. The minimum atomic E-state index is 0. The van der Waals surface area contributed by atoms with Crippen LogP contribution >= 0.6 is 37.2 Å². The van der Waals surface area contributed by atoms with Crippen LogP contribution in [-0.2, 0) is 0 Å². The molecule has 4 heterocycles. The first-order valence-corrected chi connectivity index (χ1v) is 9.13. The number of halogens is 3. The van der Waals surface area contributed by atoms with Crippen LogP contribution in [0.3, 0.4) is 0 Å². The highest BCUT2D eigenvalue weighted by Gasteiger charge is 2.41. The van der Waals surface area contributed by atoms with Gasteiger partial charge in [-0.3, -0.25) is 9.88 Å². The van der Waals surface area contributed by atoms with E-state index in [2.05, 4.69) is 28.9 Å². The van der Waals surface area contributed by atoms with Crippen LogP contribution in [0.1, 0.15) is 37.8 Å². The van der Waals surface area contributed by atoms with Gasteiger partial charge in [-0.25, -0.2) is 0 Å². The highest BCUT2D eigenvalue weighted by Crippen LogP contribution is 2.42. The maximum absolute atomic E-state index is 6.79. The number of benzene rings is 1. The number of piperidine rings is 3. The number of nitrogens with two attached hydrogens (primary N) is 1. The lowest BCUT2D eigenvalue weighted by Crippen LogP contribution is -2.56. The lowest BCUT2D eigenvalue weighted by molar-refractivity contribution is -0.0105. The summed E-state index contributed by atoms with van der Waals surface area (Å²) in [4.78, 5) is 7.12. The zero-order valence-electron chi connectivity index (χ0n) is 15.8. The number of hydrogen-bond acceptors (Lipinski definition) is 4. The molecule has 3 aliphatic heterocycles. The van der Waals surface area contributed by atoms with Crippen LogP contribution in [0, 0.1) is 11.8 Å². The molecule has 3 aliphatic rings. The van der Waals surface area contributed by atoms with E-state index in [1.807, 2.05) is 18.3 Å². The first-order chi connectivity index (χ1) is 11.7. The molecule has 1 aromatic carbocycles. The summed E-state index contributed by atoms with van der Waals surface area (Å²) < 4.78 is 5.40. The van der Waals surface area contributed by atoms with Gasteiger partial charge in [-0.05, 0) is 61.1 Å². The van der Waals surface area contributed by atoms with Crippen molar-refractivity contribution in [1.29, 1.82) is 0 Å². The summed E-state index contributed by atoms with van der Waals surface area (Å²) in [7, 11) is 1.70. The Morgan fingerprint density at radius 3 is 2.67 bits per heavy atom. The van der Waals surface area contributed by atoms with E-state index in [1.165, 1.54) is 37.9 Å². The second-order valence-electron chi connectivity index (χ2n) is 7.32. The molecule has 27 heavy (non-hydrogen) atoms. The molecule has 3 fully saturated rings. The summed E-state index contributed by atoms with van der Waals surface area (Å²) in [5, 5.41) is 1.12. The van der Waals surface area contributed by atoms with Crippen LogP contribution in [0.4, 0.5) is 0 Å². The van der Waals surface area contributed by atoms with Gasteiger partial charge < -0.3 is 10.5 Å². The van der Waals surface area contributed by atoms with Crippen LogP contribution in [-0.4, -0.2) is 36.1 Å². The third kappa shape index (κ3) is 4.46. The summed E-state index contributed by atoms with van der Waals surface area (Å²) in [6.07, 6.45) is 5.74. The predicted octanol–water partition coefficient (Wildman–Crippen LogP) is 4.63. The summed E-state index contributed by atoms with van der Waals surface area (Å²) in [5.41, 5.74) is 8.98. The maximum Gasteiger partial charge on any atom is 0.119 e. The summed E-state index contributed by atoms with van der Waals surface area (Å²) in [6, 6.07) is 8.62. The highest BCUT2D eigenvalue weighted by molar-refractivity contribution is 5.86. The number of rotatable bonds is 4. The molecular formula is C20H30Cl3N3O. The molecule has 2 N–H and O–H groups in total. The Morgan fingerprint density at radius 2 is 2.04 bits per heavy atom. The second kappa shape index (κ2) is 10.1. The Hall–Kier alpha value is -0.780. The summed E-state index contributed by atoms with van der Waals surface area (Å²) in [6.45, 7) is 4.74. The van der Waals surface area contributed by atoms with Gasteiger partial charge in [0.15, 0.2) is 0 Å². The van der Waals surface area contributed by atoms with Crippen molar-refractivity contribution in [1.82, 2.24) is 9.88 Å². The molecule has 7 heteroatoms. The molecule has 0 radical (unpaired) electrons. The fourth-order valence-corrected chi connectivity index (χ4v) is 4.79. The predicted molar refractivity (Wildman–Crippen MR) is 119 cm³/mol. The van der Waals surface area contributed by atoms with Gasteiger partial charge in [0.25, 0.3) is 0 Å². The van der Waals surface area contributed by atoms with E-state index in [1.54, 1.807) is 7.11 Å². The largest absolute Gasteiger partial charge is 0.497 e. The Morgan fingerprint density at radius 1 is 1.26 bits per heavy atom. The van der Waals surface area contributed by atoms with Crippen LogP contribution in [0.2, 0.25) is 0 Å². The van der Waals surface area contributed by atoms with Crippen molar-refractivity contribution in [3.05, 3.63) is 36.0 Å². The quantitative estimate of drug-likeness (QED) is 0.762. The normalized spacial score (nSPS) is 27.1. The fourth-order valence-electron chi connectivity index (χ4n) is 4.79. The van der Waals surface area contributed by atoms with Gasteiger partial charge in [0, 0.05) is 30.2 Å². The molecular weight excluding hydrogens is 405 g/mol. The maximum atomic E-state index is 6.79. The van der Waals surface area contributed by atoms with Gasteiger partial charge in [0.1, 0.15) is 5.75 Å². The second-order valence-corrected chi connectivity index (χ2v) is 7.32. The van der Waals surface area contributed by atoms with Gasteiger partial charge in [-0.1, -0.05) is 13.3 Å². The minimum absolute atomic E-state index is 0. The van der Waals surface area contributed by atoms with Crippen LogP contribution in [0.5, 0.6) is 5.75 Å². The molecule has 0 amide bonds. The molecule has 1 aromatic heterocycles. The minimum Gasteiger partial charge on any atom is -0.497 e. The standard InChI is InChI=1S/C20H27N3O.3ClH/c1-3-13-12-23-9-7-14(13)10-19(23)20(21)16-6-8-22-18-5-4-15(24-2)11-17(16)18;;;/h4-6,8,11,13-14,19-20H,3,7,9-10,12,21H2,1-2H3;3*1H/t13-,14+,19-,20?;;;/m1.../s1. The van der Waals surface area contributed by atoms with Gasteiger partial charge in [-0.15, -0.1) is 37.2 Å². The number of methoxy groups -OCH3 is 1. The van der Waals surface area contributed by atoms with Gasteiger partial charge in [0.2, 0.25) is 0 Å². The number of pyridine rings is 1. The molecule has 2 aromatic rings. The van der Waals surface area contributed by atoms with Crippen molar-refractivity contribution in [2.75, 3.05) is 20.2 Å². The number of nitrogens with zero attached hydrogens (tertiary/aromatic N) is 2. The Kier molecular flexibility index (Phi) is 9.10. The van der Waals surface area contributed by atoms with E-state index >= 15 is 0 Å². The van der Waals surface area contributed by atoms with Crippen molar-refractivity contribution in [3.63, 3.8) is 0 Å². The topological polar surface area (TPSA) is 51.4 Å². The van der Waals surface area contributed by atoms with E-state index in [4.69, 9.17) is 10.5 Å². The van der Waals surface area contributed by atoms with Crippen LogP contribution < -0.4 is 10.5 Å². The number of fused-ring (bicyclic) bond motifs is 4. The Bertz CT molecular complexity index is 745. The molecule has 0 saturated carbocycles. The first kappa shape index (κ1) is 24.3. The molecule has 152 valence electrons. The van der Waals surface area contributed by atoms with Gasteiger partial charge in [0.05, 0.1) is 12.6 Å². The van der Waals surface area contributed by atoms with E-state index in [-0.39, 0.29) is 43.3 Å². The van der Waals surface area contributed by atoms with E-state index in [0.29, 0.717) is 6.04 Å². The lowest BCUT2D eigenvalue weighted by atomic mass is 9.72. The van der Waals surface area contributed by atoms with Crippen molar-refractivity contribution >= 4 is 48.1 Å². The van der Waals surface area contributed by atoms with Gasteiger partial charge >= 0.3 is 0 Å².